The van der Waals surface area contributed by atoms with Gasteiger partial charge in [0.2, 0.25) is 11.9 Å². The summed E-state index contributed by atoms with van der Waals surface area (Å²) in [5.74, 6) is 0.288. The second-order valence-electron chi connectivity index (χ2n) is 11.1. The van der Waals surface area contributed by atoms with Crippen molar-refractivity contribution in [3.8, 4) is 10.4 Å². The maximum Gasteiger partial charge on any atom is 0.326 e. The lowest BCUT2D eigenvalue weighted by atomic mass is 9.91. The van der Waals surface area contributed by atoms with Crippen LogP contribution in [0.1, 0.15) is 41.0 Å². The van der Waals surface area contributed by atoms with Crippen LogP contribution in [0.4, 0.5) is 21.4 Å². The standard InChI is InChI=1S/C27H33N7O3S/c1-26(2,3)12-23(35)33(6)18-7-8-20-19(11-18)30-24(34(20)15-27(4,5)37)32-25(36)31-22-10-9-21(38-22)17-13-28-16-29-14-17/h7-11,13-14,16,37H,12,15H2,1-6H3,(H2,30,31,32,36). The molecule has 3 aromatic heterocycles. The zero-order valence-corrected chi connectivity index (χ0v) is 23.3. The summed E-state index contributed by atoms with van der Waals surface area (Å²) in [6.45, 7) is 9.66. The summed E-state index contributed by atoms with van der Waals surface area (Å²) in [7, 11) is 1.74. The third-order valence-electron chi connectivity index (χ3n) is 5.63. The van der Waals surface area contributed by atoms with Crippen LogP contribution in [0.2, 0.25) is 0 Å². The van der Waals surface area contributed by atoms with Gasteiger partial charge in [0.15, 0.2) is 0 Å². The molecule has 38 heavy (non-hydrogen) atoms. The smallest absolute Gasteiger partial charge is 0.326 e. The lowest BCUT2D eigenvalue weighted by molar-refractivity contribution is -0.120. The highest BCUT2D eigenvalue weighted by atomic mass is 32.1. The van der Waals surface area contributed by atoms with Crippen LogP contribution in [0, 0.1) is 5.41 Å². The van der Waals surface area contributed by atoms with Gasteiger partial charge in [-0.3, -0.25) is 15.4 Å². The van der Waals surface area contributed by atoms with Gasteiger partial charge in [0.25, 0.3) is 0 Å². The molecule has 0 atom stereocenters. The molecule has 10 nitrogen and oxygen atoms in total. The largest absolute Gasteiger partial charge is 0.389 e. The van der Waals surface area contributed by atoms with Crippen molar-refractivity contribution in [1.82, 2.24) is 19.5 Å². The molecule has 3 N–H and O–H groups in total. The number of rotatable bonds is 7. The van der Waals surface area contributed by atoms with Crippen molar-refractivity contribution < 1.29 is 14.7 Å². The monoisotopic (exact) mass is 535 g/mol. The summed E-state index contributed by atoms with van der Waals surface area (Å²) in [4.78, 5) is 40.9. The molecule has 0 bridgehead atoms. The maximum absolute atomic E-state index is 12.9. The van der Waals surface area contributed by atoms with Crippen molar-refractivity contribution in [2.75, 3.05) is 22.6 Å². The molecule has 0 spiro atoms. The Bertz CT molecular complexity index is 1450. The molecule has 3 heterocycles. The number of hydrogen-bond acceptors (Lipinski definition) is 7. The number of carbonyl (C=O) groups is 2. The summed E-state index contributed by atoms with van der Waals surface area (Å²) in [6.07, 6.45) is 5.30. The number of amides is 3. The zero-order valence-electron chi connectivity index (χ0n) is 22.4. The molecule has 11 heteroatoms. The summed E-state index contributed by atoms with van der Waals surface area (Å²) in [5, 5.41) is 16.8. The van der Waals surface area contributed by atoms with E-state index in [-0.39, 0.29) is 23.8 Å². The Morgan fingerprint density at radius 1 is 1.05 bits per heavy atom. The van der Waals surface area contributed by atoms with E-state index in [9.17, 15) is 14.7 Å². The van der Waals surface area contributed by atoms with Crippen molar-refractivity contribution in [3.63, 3.8) is 0 Å². The van der Waals surface area contributed by atoms with Crippen LogP contribution in [-0.4, -0.2) is 49.2 Å². The Labute approximate surface area is 225 Å². The Kier molecular flexibility index (Phi) is 7.52. The van der Waals surface area contributed by atoms with E-state index < -0.39 is 11.6 Å². The number of nitrogens with one attached hydrogen (secondary N) is 2. The zero-order chi connectivity index (χ0) is 27.7. The molecule has 0 saturated heterocycles. The first-order chi connectivity index (χ1) is 17.8. The van der Waals surface area contributed by atoms with Crippen LogP contribution in [0.3, 0.4) is 0 Å². The first-order valence-electron chi connectivity index (χ1n) is 12.2. The van der Waals surface area contributed by atoms with Crippen molar-refractivity contribution in [2.45, 2.75) is 53.2 Å². The van der Waals surface area contributed by atoms with E-state index in [0.29, 0.717) is 22.6 Å². The first kappa shape index (κ1) is 27.2. The summed E-state index contributed by atoms with van der Waals surface area (Å²) in [6, 6.07) is 8.74. The van der Waals surface area contributed by atoms with Gasteiger partial charge in [-0.05, 0) is 49.6 Å². The van der Waals surface area contributed by atoms with Crippen LogP contribution in [0.25, 0.3) is 21.5 Å². The molecular weight excluding hydrogens is 502 g/mol. The van der Waals surface area contributed by atoms with Gasteiger partial charge < -0.3 is 14.6 Å². The molecule has 1 aromatic carbocycles. The van der Waals surface area contributed by atoms with Crippen LogP contribution in [0.5, 0.6) is 0 Å². The van der Waals surface area contributed by atoms with Gasteiger partial charge in [-0.2, -0.15) is 0 Å². The number of anilines is 3. The number of urea groups is 1. The van der Waals surface area contributed by atoms with Crippen LogP contribution < -0.4 is 15.5 Å². The Hall–Kier alpha value is -3.83. The van der Waals surface area contributed by atoms with Gasteiger partial charge in [0, 0.05) is 42.0 Å². The van der Waals surface area contributed by atoms with E-state index in [4.69, 9.17) is 0 Å². The maximum atomic E-state index is 12.9. The van der Waals surface area contributed by atoms with E-state index >= 15 is 0 Å². The highest BCUT2D eigenvalue weighted by Gasteiger charge is 2.23. The molecule has 200 valence electrons. The predicted octanol–water partition coefficient (Wildman–Crippen LogP) is 5.37. The number of aromatic nitrogens is 4. The Morgan fingerprint density at radius 2 is 1.76 bits per heavy atom. The Balaban J connectivity index is 1.58. The minimum Gasteiger partial charge on any atom is -0.389 e. The minimum atomic E-state index is -1.06. The second kappa shape index (κ2) is 10.5. The SMILES string of the molecule is CN(C(=O)CC(C)(C)C)c1ccc2c(c1)nc(NC(=O)Nc1ccc(-c3cncnc3)s1)n2CC(C)(C)O. The average molecular weight is 536 g/mol. The number of thiophene rings is 1. The highest BCUT2D eigenvalue weighted by molar-refractivity contribution is 7.19. The Morgan fingerprint density at radius 3 is 2.42 bits per heavy atom. The average Bonchev–Trinajstić information content (AvgIpc) is 3.41. The quantitative estimate of drug-likeness (QED) is 0.292. The molecule has 0 aliphatic carbocycles. The highest BCUT2D eigenvalue weighted by Crippen LogP contribution is 2.31. The fourth-order valence-corrected chi connectivity index (χ4v) is 4.79. The lowest BCUT2D eigenvalue weighted by Crippen LogP contribution is -2.29. The molecule has 0 unspecified atom stereocenters. The van der Waals surface area contributed by atoms with E-state index in [2.05, 4.69) is 25.6 Å². The summed E-state index contributed by atoms with van der Waals surface area (Å²) >= 11 is 1.40. The molecular formula is C27H33N7O3S. The molecule has 0 aliphatic rings. The second-order valence-corrected chi connectivity index (χ2v) is 12.2. The van der Waals surface area contributed by atoms with Gasteiger partial charge in [0.1, 0.15) is 6.33 Å². The summed E-state index contributed by atoms with van der Waals surface area (Å²) in [5.41, 5.74) is 1.70. The minimum absolute atomic E-state index is 0.00267. The third-order valence-corrected chi connectivity index (χ3v) is 6.68. The van der Waals surface area contributed by atoms with Gasteiger partial charge in [0.05, 0.1) is 28.2 Å². The van der Waals surface area contributed by atoms with Crippen molar-refractivity contribution >= 4 is 50.9 Å². The normalized spacial score (nSPS) is 12.0. The molecule has 0 fully saturated rings. The van der Waals surface area contributed by atoms with Gasteiger partial charge in [-0.25, -0.2) is 19.7 Å². The van der Waals surface area contributed by atoms with Crippen molar-refractivity contribution in [3.05, 3.63) is 49.1 Å². The van der Waals surface area contributed by atoms with Gasteiger partial charge >= 0.3 is 6.03 Å². The molecule has 4 rings (SSSR count). The third kappa shape index (κ3) is 6.73. The van der Waals surface area contributed by atoms with E-state index in [1.54, 1.807) is 42.8 Å². The lowest BCUT2D eigenvalue weighted by Gasteiger charge is -2.23. The van der Waals surface area contributed by atoms with Crippen molar-refractivity contribution in [2.24, 2.45) is 5.41 Å². The molecule has 3 amide bonds. The van der Waals surface area contributed by atoms with Crippen LogP contribution in [0.15, 0.2) is 49.1 Å². The number of nitrogens with zero attached hydrogens (tertiary/aromatic N) is 5. The number of carbonyl (C=O) groups excluding carboxylic acids is 2. The van der Waals surface area contributed by atoms with Gasteiger partial charge in [-0.1, -0.05) is 20.8 Å². The predicted molar refractivity (Wildman–Crippen MR) is 151 cm³/mol. The van der Waals surface area contributed by atoms with E-state index in [0.717, 1.165) is 16.0 Å². The van der Waals surface area contributed by atoms with Gasteiger partial charge in [-0.15, -0.1) is 11.3 Å². The van der Waals surface area contributed by atoms with E-state index in [1.165, 1.54) is 17.7 Å². The fraction of sp³-hybridized carbons (Fsp3) is 0.370. The number of benzene rings is 1. The number of imidazole rings is 1. The first-order valence-corrected chi connectivity index (χ1v) is 13.0. The topological polar surface area (TPSA) is 125 Å². The van der Waals surface area contributed by atoms with Crippen LogP contribution >= 0.6 is 11.3 Å². The molecule has 0 saturated carbocycles. The van der Waals surface area contributed by atoms with E-state index in [1.807, 2.05) is 51.1 Å². The fourth-order valence-electron chi connectivity index (χ4n) is 3.92. The molecule has 0 radical (unpaired) electrons. The number of aliphatic hydroxyl groups is 1. The van der Waals surface area contributed by atoms with Crippen molar-refractivity contribution in [1.29, 1.82) is 0 Å². The molecule has 4 aromatic rings. The number of hydrogen-bond donors (Lipinski definition) is 3. The summed E-state index contributed by atoms with van der Waals surface area (Å²) < 4.78 is 1.76. The molecule has 0 aliphatic heterocycles. The number of fused-ring (bicyclic) bond motifs is 1. The van der Waals surface area contributed by atoms with Crippen LogP contribution in [-0.2, 0) is 11.3 Å².